The molecule has 3 amide bonds. The number of alkyl halides is 1. The van der Waals surface area contributed by atoms with Crippen molar-refractivity contribution in [3.8, 4) is 0 Å². The van der Waals surface area contributed by atoms with Crippen LogP contribution in [0.2, 0.25) is 0 Å². The molecule has 2 rings (SSSR count). The smallest absolute Gasteiger partial charge is 0.242 e. The highest BCUT2D eigenvalue weighted by molar-refractivity contribution is 14.1. The molecule has 5 nitrogen and oxygen atoms in total. The molecule has 2 aliphatic rings. The summed E-state index contributed by atoms with van der Waals surface area (Å²) in [5, 5.41) is 0. The molecule has 2 saturated heterocycles. The van der Waals surface area contributed by atoms with E-state index < -0.39 is 0 Å². The Labute approximate surface area is 133 Å². The van der Waals surface area contributed by atoms with Gasteiger partial charge >= 0.3 is 0 Å². The van der Waals surface area contributed by atoms with Crippen LogP contribution in [-0.4, -0.2) is 51.1 Å². The van der Waals surface area contributed by atoms with E-state index >= 15 is 0 Å². The largest absolute Gasteiger partial charge is 0.343 e. The lowest BCUT2D eigenvalue weighted by atomic mass is 10.1. The standard InChI is InChI=1S/C14H21IN2O3/c15-11-10-13(19)17(14(11)20)9-3-1-2-6-12(18)16-7-4-5-8-16/h11H,1-10H2. The predicted octanol–water partition coefficient (Wildman–Crippen LogP) is 1.73. The number of imide groups is 1. The lowest BCUT2D eigenvalue weighted by Gasteiger charge is -2.16. The third kappa shape index (κ3) is 3.93. The Kier molecular flexibility index (Phi) is 5.80. The lowest BCUT2D eigenvalue weighted by Crippen LogP contribution is -2.31. The first-order valence-electron chi connectivity index (χ1n) is 7.35. The normalized spacial score (nSPS) is 22.9. The quantitative estimate of drug-likeness (QED) is 0.300. The number of rotatable bonds is 6. The summed E-state index contributed by atoms with van der Waals surface area (Å²) in [6.45, 7) is 2.33. The zero-order valence-corrected chi connectivity index (χ0v) is 13.8. The molecule has 6 heteroatoms. The second-order valence-corrected chi connectivity index (χ2v) is 6.96. The SMILES string of the molecule is O=C(CCCCCN1C(=O)CC(I)C1=O)N1CCCC1. The van der Waals surface area contributed by atoms with Crippen LogP contribution < -0.4 is 0 Å². The zero-order valence-electron chi connectivity index (χ0n) is 11.6. The minimum absolute atomic E-state index is 0.0521. The van der Waals surface area contributed by atoms with E-state index in [-0.39, 0.29) is 21.6 Å². The molecular formula is C14H21IN2O3. The fourth-order valence-corrected chi connectivity index (χ4v) is 3.44. The summed E-state index contributed by atoms with van der Waals surface area (Å²) in [4.78, 5) is 38.4. The van der Waals surface area contributed by atoms with E-state index in [0.717, 1.165) is 45.2 Å². The third-order valence-electron chi connectivity index (χ3n) is 3.92. The van der Waals surface area contributed by atoms with Crippen molar-refractivity contribution < 1.29 is 14.4 Å². The van der Waals surface area contributed by atoms with Gasteiger partial charge in [0.15, 0.2) is 0 Å². The number of likely N-dealkylation sites (tertiary alicyclic amines) is 2. The maximum atomic E-state index is 11.8. The molecule has 2 heterocycles. The van der Waals surface area contributed by atoms with Crippen molar-refractivity contribution in [2.45, 2.75) is 48.9 Å². The maximum absolute atomic E-state index is 11.8. The molecule has 2 aliphatic heterocycles. The highest BCUT2D eigenvalue weighted by atomic mass is 127. The Hall–Kier alpha value is -0.660. The predicted molar refractivity (Wildman–Crippen MR) is 83.4 cm³/mol. The number of hydrogen-bond acceptors (Lipinski definition) is 3. The fourth-order valence-electron chi connectivity index (χ4n) is 2.73. The number of amides is 3. The van der Waals surface area contributed by atoms with Crippen molar-refractivity contribution in [2.24, 2.45) is 0 Å². The van der Waals surface area contributed by atoms with Crippen molar-refractivity contribution in [3.63, 3.8) is 0 Å². The van der Waals surface area contributed by atoms with Crippen LogP contribution in [0, 0.1) is 0 Å². The minimum Gasteiger partial charge on any atom is -0.343 e. The van der Waals surface area contributed by atoms with Gasteiger partial charge in [-0.1, -0.05) is 29.0 Å². The van der Waals surface area contributed by atoms with Crippen molar-refractivity contribution in [1.29, 1.82) is 0 Å². The lowest BCUT2D eigenvalue weighted by molar-refractivity contribution is -0.138. The van der Waals surface area contributed by atoms with Gasteiger partial charge in [0.25, 0.3) is 0 Å². The van der Waals surface area contributed by atoms with Crippen molar-refractivity contribution >= 4 is 40.3 Å². The average molecular weight is 392 g/mol. The number of hydrogen-bond donors (Lipinski definition) is 0. The summed E-state index contributed by atoms with van der Waals surface area (Å²) < 4.78 is -0.183. The molecule has 0 aromatic carbocycles. The second-order valence-electron chi connectivity index (χ2n) is 5.45. The van der Waals surface area contributed by atoms with E-state index in [4.69, 9.17) is 0 Å². The monoisotopic (exact) mass is 392 g/mol. The van der Waals surface area contributed by atoms with E-state index in [1.807, 2.05) is 27.5 Å². The molecule has 20 heavy (non-hydrogen) atoms. The van der Waals surface area contributed by atoms with Crippen LogP contribution in [0.25, 0.3) is 0 Å². The molecule has 0 aromatic heterocycles. The van der Waals surface area contributed by atoms with E-state index in [1.165, 1.54) is 4.90 Å². The number of carbonyl (C=O) groups excluding carboxylic acids is 3. The molecule has 1 unspecified atom stereocenters. The number of unbranched alkanes of at least 4 members (excludes halogenated alkanes) is 2. The summed E-state index contributed by atoms with van der Waals surface area (Å²) in [7, 11) is 0. The Bertz CT molecular complexity index is 394. The molecule has 1 atom stereocenters. The van der Waals surface area contributed by atoms with Crippen LogP contribution in [0.1, 0.15) is 44.9 Å². The van der Waals surface area contributed by atoms with Gasteiger partial charge in [0.2, 0.25) is 17.7 Å². The second kappa shape index (κ2) is 7.38. The molecule has 0 N–H and O–H groups in total. The highest BCUT2D eigenvalue weighted by Crippen LogP contribution is 2.21. The van der Waals surface area contributed by atoms with Crippen LogP contribution in [0.15, 0.2) is 0 Å². The number of halogens is 1. The highest BCUT2D eigenvalue weighted by Gasteiger charge is 2.36. The summed E-state index contributed by atoms with van der Waals surface area (Å²) in [6, 6.07) is 0. The first-order valence-corrected chi connectivity index (χ1v) is 8.60. The van der Waals surface area contributed by atoms with Gasteiger partial charge in [0.05, 0.1) is 3.92 Å². The van der Waals surface area contributed by atoms with E-state index in [0.29, 0.717) is 19.4 Å². The molecule has 0 spiro atoms. The van der Waals surface area contributed by atoms with Gasteiger partial charge in [0.1, 0.15) is 0 Å². The van der Waals surface area contributed by atoms with Gasteiger partial charge in [0, 0.05) is 32.5 Å². The Morgan fingerprint density at radius 2 is 1.85 bits per heavy atom. The van der Waals surface area contributed by atoms with Gasteiger partial charge < -0.3 is 4.90 Å². The topological polar surface area (TPSA) is 57.7 Å². The maximum Gasteiger partial charge on any atom is 0.242 e. The van der Waals surface area contributed by atoms with Crippen LogP contribution >= 0.6 is 22.6 Å². The van der Waals surface area contributed by atoms with Gasteiger partial charge in [-0.2, -0.15) is 0 Å². The molecule has 0 saturated carbocycles. The molecule has 0 aromatic rings. The summed E-state index contributed by atoms with van der Waals surface area (Å²) in [6.07, 6.45) is 5.73. The number of nitrogens with zero attached hydrogens (tertiary/aromatic N) is 2. The molecule has 2 fully saturated rings. The first kappa shape index (κ1) is 15.7. The van der Waals surface area contributed by atoms with Crippen LogP contribution in [0.5, 0.6) is 0 Å². The van der Waals surface area contributed by atoms with Gasteiger partial charge in [-0.15, -0.1) is 0 Å². The third-order valence-corrected chi connectivity index (χ3v) is 4.89. The summed E-state index contributed by atoms with van der Waals surface area (Å²) in [5.41, 5.74) is 0. The molecule has 112 valence electrons. The molecule has 0 bridgehead atoms. The summed E-state index contributed by atoms with van der Waals surface area (Å²) >= 11 is 2.02. The van der Waals surface area contributed by atoms with Crippen molar-refractivity contribution in [1.82, 2.24) is 9.80 Å². The van der Waals surface area contributed by atoms with Crippen LogP contribution in [-0.2, 0) is 14.4 Å². The van der Waals surface area contributed by atoms with Crippen LogP contribution in [0.4, 0.5) is 0 Å². The van der Waals surface area contributed by atoms with E-state index in [9.17, 15) is 14.4 Å². The summed E-state index contributed by atoms with van der Waals surface area (Å²) in [5.74, 6) is 0.148. The van der Waals surface area contributed by atoms with Crippen molar-refractivity contribution in [2.75, 3.05) is 19.6 Å². The Morgan fingerprint density at radius 3 is 2.45 bits per heavy atom. The van der Waals surface area contributed by atoms with Gasteiger partial charge in [-0.25, -0.2) is 0 Å². The Morgan fingerprint density at radius 1 is 1.15 bits per heavy atom. The molecule has 0 aliphatic carbocycles. The molecular weight excluding hydrogens is 371 g/mol. The first-order chi connectivity index (χ1) is 9.59. The van der Waals surface area contributed by atoms with E-state index in [1.54, 1.807) is 0 Å². The zero-order chi connectivity index (χ0) is 14.5. The van der Waals surface area contributed by atoms with Gasteiger partial charge in [-0.05, 0) is 25.7 Å². The van der Waals surface area contributed by atoms with Crippen molar-refractivity contribution in [3.05, 3.63) is 0 Å². The Balaban J connectivity index is 1.58. The minimum atomic E-state index is -0.183. The van der Waals surface area contributed by atoms with E-state index in [2.05, 4.69) is 0 Å². The fraction of sp³-hybridized carbons (Fsp3) is 0.786. The number of carbonyl (C=O) groups is 3. The average Bonchev–Trinajstić information content (AvgIpc) is 3.02. The molecule has 0 radical (unpaired) electrons. The van der Waals surface area contributed by atoms with Crippen LogP contribution in [0.3, 0.4) is 0 Å². The van der Waals surface area contributed by atoms with Gasteiger partial charge in [-0.3, -0.25) is 19.3 Å².